The highest BCUT2D eigenvalue weighted by Crippen LogP contribution is 2.35. The Morgan fingerprint density at radius 2 is 2.05 bits per heavy atom. The van der Waals surface area contributed by atoms with E-state index in [0.29, 0.717) is 11.3 Å². The van der Waals surface area contributed by atoms with Gasteiger partial charge in [-0.25, -0.2) is 14.0 Å². The maximum absolute atomic E-state index is 15.7. The molecule has 1 atom stereocenters. The topological polar surface area (TPSA) is 189 Å². The van der Waals surface area contributed by atoms with Crippen molar-refractivity contribution in [2.75, 3.05) is 25.6 Å². The fourth-order valence-corrected chi connectivity index (χ4v) is 4.36. The molecular formula is C24H23FN6O6S. The lowest BCUT2D eigenvalue weighted by Gasteiger charge is -2.21. The number of rotatable bonds is 11. The van der Waals surface area contributed by atoms with Gasteiger partial charge in [0.15, 0.2) is 17.4 Å². The monoisotopic (exact) mass is 542 g/mol. The number of aliphatic hydroxyl groups excluding tert-OH is 1. The number of H-pyrrole nitrogens is 1. The molecule has 0 fully saturated rings. The Morgan fingerprint density at radius 3 is 2.68 bits per heavy atom. The van der Waals surface area contributed by atoms with E-state index in [-0.39, 0.29) is 52.5 Å². The van der Waals surface area contributed by atoms with Crippen LogP contribution in [0.4, 0.5) is 10.1 Å². The summed E-state index contributed by atoms with van der Waals surface area (Å²) in [6, 6.07) is 9.44. The van der Waals surface area contributed by atoms with Gasteiger partial charge in [-0.3, -0.25) is 10.4 Å². The van der Waals surface area contributed by atoms with E-state index in [1.165, 1.54) is 30.7 Å². The fourth-order valence-electron chi connectivity index (χ4n) is 3.65. The first kappa shape index (κ1) is 26.4. The molecule has 0 amide bonds. The number of ether oxygens (including phenoxy) is 2. The quantitative estimate of drug-likeness (QED) is 0.122. The van der Waals surface area contributed by atoms with E-state index in [0.717, 1.165) is 16.0 Å². The molecule has 0 radical (unpaired) electrons. The predicted molar refractivity (Wildman–Crippen MR) is 137 cm³/mol. The molecule has 0 unspecified atom stereocenters. The lowest BCUT2D eigenvalue weighted by molar-refractivity contribution is 0.0702. The Balaban J connectivity index is 1.86. The Labute approximate surface area is 218 Å². The number of carbonyl (C=O) groups is 1. The maximum Gasteiger partial charge on any atom is 0.348 e. The number of nitrogens with two attached hydrogens (primary N) is 1. The van der Waals surface area contributed by atoms with Crippen molar-refractivity contribution in [2.24, 2.45) is 5.73 Å². The molecule has 0 saturated heterocycles. The van der Waals surface area contributed by atoms with Crippen LogP contribution < -0.4 is 26.2 Å². The summed E-state index contributed by atoms with van der Waals surface area (Å²) in [5.74, 6) is -2.15. The van der Waals surface area contributed by atoms with E-state index in [1.807, 2.05) is 0 Å². The molecule has 0 bridgehead atoms. The number of benzene rings is 2. The van der Waals surface area contributed by atoms with Crippen molar-refractivity contribution < 1.29 is 28.9 Å². The molecule has 0 spiro atoms. The molecule has 0 aliphatic rings. The first-order valence-electron chi connectivity index (χ1n) is 11.1. The van der Waals surface area contributed by atoms with Gasteiger partial charge in [0, 0.05) is 22.9 Å². The van der Waals surface area contributed by atoms with Crippen molar-refractivity contribution in [3.63, 3.8) is 0 Å². The summed E-state index contributed by atoms with van der Waals surface area (Å²) in [6.45, 7) is -0.518. The van der Waals surface area contributed by atoms with Crippen molar-refractivity contribution in [3.8, 4) is 17.2 Å². The van der Waals surface area contributed by atoms with Crippen LogP contribution in [0, 0.1) is 11.2 Å². The van der Waals surface area contributed by atoms with Gasteiger partial charge < -0.3 is 30.7 Å². The highest BCUT2D eigenvalue weighted by Gasteiger charge is 2.27. The number of aromatic nitrogens is 3. The number of nitrogens with zero attached hydrogens (tertiary/aromatic N) is 2. The summed E-state index contributed by atoms with van der Waals surface area (Å²) in [5.41, 5.74) is 5.77. The number of aromatic carboxylic acids is 1. The summed E-state index contributed by atoms with van der Waals surface area (Å²) in [5, 5.41) is 35.1. The molecule has 4 rings (SSSR count). The first-order chi connectivity index (χ1) is 18.2. The molecule has 2 aromatic heterocycles. The van der Waals surface area contributed by atoms with Crippen LogP contribution in [0.5, 0.6) is 11.5 Å². The second-order valence-corrected chi connectivity index (χ2v) is 8.75. The number of aromatic amines is 1. The van der Waals surface area contributed by atoms with Gasteiger partial charge in [0.1, 0.15) is 29.1 Å². The Kier molecular flexibility index (Phi) is 7.74. The number of hydrogen-bond acceptors (Lipinski definition) is 9. The van der Waals surface area contributed by atoms with Gasteiger partial charge in [-0.2, -0.15) is 4.68 Å². The zero-order chi connectivity index (χ0) is 27.4. The molecule has 7 N–H and O–H groups in total. The number of hydrogen-bond donors (Lipinski definition) is 6. The maximum atomic E-state index is 15.7. The van der Waals surface area contributed by atoms with Crippen molar-refractivity contribution >= 4 is 28.8 Å². The number of methoxy groups -OCH3 is 1. The first-order valence-corrected chi connectivity index (χ1v) is 11.9. The SMILES string of the molecule is COc1cc(OCCO)c(F)c([C@H](Nc2ccc(C(=N)N)cc2)c2nn(-c3ccsc3C(=O)O)c(=O)[nH]2)c1. The zero-order valence-corrected chi connectivity index (χ0v) is 20.7. The number of nitrogens with one attached hydrogen (secondary N) is 3. The highest BCUT2D eigenvalue weighted by molar-refractivity contribution is 7.12. The average molecular weight is 543 g/mol. The summed E-state index contributed by atoms with van der Waals surface area (Å²) in [4.78, 5) is 27.0. The summed E-state index contributed by atoms with van der Waals surface area (Å²) >= 11 is 0.929. The minimum Gasteiger partial charge on any atom is -0.497 e. The molecule has 0 aliphatic heterocycles. The summed E-state index contributed by atoms with van der Waals surface area (Å²) < 4.78 is 27.3. The number of halogens is 1. The van der Waals surface area contributed by atoms with Crippen LogP contribution in [-0.4, -0.2) is 57.1 Å². The van der Waals surface area contributed by atoms with Crippen LogP contribution in [0.25, 0.3) is 5.69 Å². The van der Waals surface area contributed by atoms with Crippen LogP contribution in [0.3, 0.4) is 0 Å². The molecule has 14 heteroatoms. The van der Waals surface area contributed by atoms with Crippen LogP contribution in [-0.2, 0) is 0 Å². The molecule has 2 heterocycles. The van der Waals surface area contributed by atoms with Crippen molar-refractivity contribution in [2.45, 2.75) is 6.04 Å². The molecule has 12 nitrogen and oxygen atoms in total. The smallest absolute Gasteiger partial charge is 0.348 e. The number of nitrogen functional groups attached to an aromatic ring is 1. The fraction of sp³-hybridized carbons (Fsp3) is 0.167. The highest BCUT2D eigenvalue weighted by atomic mass is 32.1. The molecule has 0 aliphatic carbocycles. The van der Waals surface area contributed by atoms with Crippen LogP contribution in [0.15, 0.2) is 52.6 Å². The molecule has 38 heavy (non-hydrogen) atoms. The number of aliphatic hydroxyl groups is 1. The number of amidine groups is 1. The van der Waals surface area contributed by atoms with Gasteiger partial charge in [-0.05, 0) is 41.8 Å². The Morgan fingerprint density at radius 1 is 1.32 bits per heavy atom. The third-order valence-corrected chi connectivity index (χ3v) is 6.31. The molecular weight excluding hydrogens is 519 g/mol. The van der Waals surface area contributed by atoms with Gasteiger partial charge >= 0.3 is 11.7 Å². The third-order valence-electron chi connectivity index (χ3n) is 5.42. The largest absolute Gasteiger partial charge is 0.497 e. The number of thiophene rings is 1. The zero-order valence-electron chi connectivity index (χ0n) is 19.9. The second kappa shape index (κ2) is 11.1. The minimum atomic E-state index is -1.23. The van der Waals surface area contributed by atoms with E-state index in [2.05, 4.69) is 15.4 Å². The van der Waals surface area contributed by atoms with Crippen LogP contribution >= 0.6 is 11.3 Å². The Hall–Kier alpha value is -4.69. The van der Waals surface area contributed by atoms with Crippen molar-refractivity contribution in [1.82, 2.24) is 14.8 Å². The van der Waals surface area contributed by atoms with Gasteiger partial charge in [0.2, 0.25) is 0 Å². The summed E-state index contributed by atoms with van der Waals surface area (Å²) in [6.07, 6.45) is 0. The lowest BCUT2D eigenvalue weighted by atomic mass is 10.0. The van der Waals surface area contributed by atoms with Gasteiger partial charge in [0.25, 0.3) is 0 Å². The second-order valence-electron chi connectivity index (χ2n) is 7.84. The molecule has 0 saturated carbocycles. The van der Waals surface area contributed by atoms with Crippen molar-refractivity contribution in [3.05, 3.63) is 86.0 Å². The average Bonchev–Trinajstić information content (AvgIpc) is 3.54. The number of carboxylic acid groups (broad SMARTS) is 1. The lowest BCUT2D eigenvalue weighted by Crippen LogP contribution is -2.18. The number of carboxylic acids is 1. The van der Waals surface area contributed by atoms with E-state index < -0.39 is 23.5 Å². The summed E-state index contributed by atoms with van der Waals surface area (Å²) in [7, 11) is 1.39. The van der Waals surface area contributed by atoms with Gasteiger partial charge in [-0.1, -0.05) is 0 Å². The molecule has 4 aromatic rings. The molecule has 2 aromatic carbocycles. The van der Waals surface area contributed by atoms with E-state index in [1.54, 1.807) is 24.3 Å². The normalized spacial score (nSPS) is 11.7. The Bertz CT molecular complexity index is 1530. The number of anilines is 1. The third kappa shape index (κ3) is 5.35. The van der Waals surface area contributed by atoms with Gasteiger partial charge in [-0.15, -0.1) is 16.4 Å². The van der Waals surface area contributed by atoms with Crippen LogP contribution in [0.1, 0.15) is 32.7 Å². The minimum absolute atomic E-state index is 0.0161. The standard InChI is InChI=1S/C24H23FN6O6S/c1-36-14-10-15(18(25)17(11-14)37-8-7-32)19(28-13-4-2-12(3-5-13)21(26)27)22-29-24(35)31(30-22)16-6-9-38-20(16)23(33)34/h2-6,9-11,19,28,32H,7-8H2,1H3,(H3,26,27)(H,33,34)(H,29,30,35)/t19-/m0/s1. The van der Waals surface area contributed by atoms with E-state index in [9.17, 15) is 14.7 Å². The van der Waals surface area contributed by atoms with E-state index in [4.69, 9.17) is 25.7 Å². The van der Waals surface area contributed by atoms with Crippen molar-refractivity contribution in [1.29, 1.82) is 5.41 Å². The molecule has 198 valence electrons. The van der Waals surface area contributed by atoms with Gasteiger partial charge in [0.05, 0.1) is 19.4 Å². The predicted octanol–water partition coefficient (Wildman–Crippen LogP) is 2.32. The van der Waals surface area contributed by atoms with E-state index >= 15 is 4.39 Å². The van der Waals surface area contributed by atoms with Crippen LogP contribution in [0.2, 0.25) is 0 Å².